The fourth-order valence-electron chi connectivity index (χ4n) is 2.65. The minimum Gasteiger partial charge on any atom is -0.384 e. The van der Waals surface area contributed by atoms with Crippen LogP contribution in [0.25, 0.3) is 0 Å². The molecule has 0 spiro atoms. The molecule has 2 rings (SSSR count). The van der Waals surface area contributed by atoms with Gasteiger partial charge in [-0.05, 0) is 18.4 Å². The predicted octanol–water partition coefficient (Wildman–Crippen LogP) is 2.21. The van der Waals surface area contributed by atoms with Crippen molar-refractivity contribution in [3.8, 4) is 0 Å². The van der Waals surface area contributed by atoms with Crippen LogP contribution in [0.5, 0.6) is 0 Å². The monoisotopic (exact) mass is 307 g/mol. The highest BCUT2D eigenvalue weighted by Gasteiger charge is 2.37. The van der Waals surface area contributed by atoms with E-state index < -0.39 is 4.92 Å². The minimum absolute atomic E-state index is 0.0215. The third-order valence-corrected chi connectivity index (χ3v) is 4.06. The van der Waals surface area contributed by atoms with Gasteiger partial charge in [0.25, 0.3) is 5.69 Å². The van der Waals surface area contributed by atoms with E-state index in [9.17, 15) is 14.9 Å². The molecule has 2 amide bonds. The zero-order valence-electron chi connectivity index (χ0n) is 12.6. The Morgan fingerprint density at radius 2 is 2.18 bits per heavy atom. The highest BCUT2D eigenvalue weighted by atomic mass is 16.6. The minimum atomic E-state index is -0.450. The van der Waals surface area contributed by atoms with Crippen molar-refractivity contribution in [3.05, 3.63) is 39.9 Å². The predicted molar refractivity (Wildman–Crippen MR) is 81.5 cm³/mol. The summed E-state index contributed by atoms with van der Waals surface area (Å²) in [6, 6.07) is 5.96. The van der Waals surface area contributed by atoms with Gasteiger partial charge in [-0.2, -0.15) is 0 Å². The first-order chi connectivity index (χ1) is 10.5. The van der Waals surface area contributed by atoms with Crippen LogP contribution in [0.15, 0.2) is 24.3 Å². The number of nitrogens with one attached hydrogen (secondary N) is 2. The van der Waals surface area contributed by atoms with Gasteiger partial charge < -0.3 is 15.4 Å². The van der Waals surface area contributed by atoms with Crippen LogP contribution in [0, 0.1) is 15.5 Å². The molecule has 1 aromatic carbocycles. The number of urea groups is 1. The van der Waals surface area contributed by atoms with E-state index in [1.807, 2.05) is 0 Å². The van der Waals surface area contributed by atoms with E-state index in [2.05, 4.69) is 10.6 Å². The second-order valence-electron chi connectivity index (χ2n) is 5.75. The lowest BCUT2D eigenvalue weighted by molar-refractivity contribution is -0.384. The number of amides is 2. The smallest absolute Gasteiger partial charge is 0.315 e. The summed E-state index contributed by atoms with van der Waals surface area (Å²) in [4.78, 5) is 22.1. The van der Waals surface area contributed by atoms with Gasteiger partial charge in [-0.1, -0.05) is 18.6 Å². The van der Waals surface area contributed by atoms with Gasteiger partial charge in [0, 0.05) is 37.7 Å². The zero-order valence-corrected chi connectivity index (χ0v) is 12.6. The summed E-state index contributed by atoms with van der Waals surface area (Å²) in [7, 11) is 1.67. The van der Waals surface area contributed by atoms with Gasteiger partial charge in [-0.25, -0.2) is 4.79 Å². The number of carbonyl (C=O) groups is 1. The van der Waals surface area contributed by atoms with Gasteiger partial charge in [-0.3, -0.25) is 10.1 Å². The Balaban J connectivity index is 1.78. The maximum absolute atomic E-state index is 11.8. The molecule has 1 saturated carbocycles. The number of benzene rings is 1. The lowest BCUT2D eigenvalue weighted by atomic mass is 9.69. The van der Waals surface area contributed by atoms with Gasteiger partial charge in [0.15, 0.2) is 0 Å². The van der Waals surface area contributed by atoms with Crippen LogP contribution in [0.4, 0.5) is 10.5 Å². The van der Waals surface area contributed by atoms with Crippen molar-refractivity contribution in [1.82, 2.24) is 10.6 Å². The molecule has 22 heavy (non-hydrogen) atoms. The number of methoxy groups -OCH3 is 1. The Labute approximate surface area is 129 Å². The highest BCUT2D eigenvalue weighted by molar-refractivity contribution is 5.73. The van der Waals surface area contributed by atoms with Crippen LogP contribution in [0.3, 0.4) is 0 Å². The van der Waals surface area contributed by atoms with Crippen LogP contribution in [-0.2, 0) is 11.3 Å². The van der Waals surface area contributed by atoms with E-state index in [1.54, 1.807) is 19.2 Å². The lowest BCUT2D eigenvalue weighted by Gasteiger charge is -2.41. The molecule has 0 heterocycles. The molecule has 0 saturated heterocycles. The Bertz CT molecular complexity index is 543. The number of nitro groups is 1. The number of nitro benzene ring substituents is 1. The molecule has 0 bridgehead atoms. The summed E-state index contributed by atoms with van der Waals surface area (Å²) in [6.45, 7) is 1.49. The molecule has 0 aromatic heterocycles. The van der Waals surface area contributed by atoms with E-state index in [1.165, 1.54) is 18.6 Å². The van der Waals surface area contributed by atoms with E-state index in [4.69, 9.17) is 4.74 Å². The fourth-order valence-corrected chi connectivity index (χ4v) is 2.65. The van der Waals surface area contributed by atoms with Crippen molar-refractivity contribution in [2.45, 2.75) is 25.8 Å². The standard InChI is InChI=1S/C15H21N3O4/c1-22-11-15(6-3-7-15)10-17-14(19)16-9-12-4-2-5-13(8-12)18(20)21/h2,4-5,8H,3,6-7,9-11H2,1H3,(H2,16,17,19). The SMILES string of the molecule is COCC1(CNC(=O)NCc2cccc([N+](=O)[O-])c2)CCC1. The van der Waals surface area contributed by atoms with Crippen molar-refractivity contribution >= 4 is 11.7 Å². The third kappa shape index (κ3) is 4.17. The number of hydrogen-bond acceptors (Lipinski definition) is 4. The molecular formula is C15H21N3O4. The summed E-state index contributed by atoms with van der Waals surface area (Å²) in [5.74, 6) is 0. The third-order valence-electron chi connectivity index (χ3n) is 4.06. The van der Waals surface area contributed by atoms with E-state index >= 15 is 0 Å². The number of nitrogens with zero attached hydrogens (tertiary/aromatic N) is 1. The van der Waals surface area contributed by atoms with Crippen LogP contribution in [0.2, 0.25) is 0 Å². The number of non-ortho nitro benzene ring substituents is 1. The van der Waals surface area contributed by atoms with Gasteiger partial charge in [0.05, 0.1) is 11.5 Å². The first kappa shape index (κ1) is 16.2. The van der Waals surface area contributed by atoms with Gasteiger partial charge in [-0.15, -0.1) is 0 Å². The summed E-state index contributed by atoms with van der Waals surface area (Å²) in [6.07, 6.45) is 3.29. The second kappa shape index (κ2) is 7.22. The molecule has 7 heteroatoms. The Kier molecular flexibility index (Phi) is 5.32. The molecule has 1 fully saturated rings. The second-order valence-corrected chi connectivity index (χ2v) is 5.75. The van der Waals surface area contributed by atoms with Gasteiger partial charge in [0.2, 0.25) is 0 Å². The largest absolute Gasteiger partial charge is 0.384 e. The van der Waals surface area contributed by atoms with Crippen molar-refractivity contribution in [2.24, 2.45) is 5.41 Å². The topological polar surface area (TPSA) is 93.5 Å². The lowest BCUT2D eigenvalue weighted by Crippen LogP contribution is -2.47. The molecule has 0 aliphatic heterocycles. The molecule has 1 aromatic rings. The van der Waals surface area contributed by atoms with Crippen molar-refractivity contribution in [1.29, 1.82) is 0 Å². The molecule has 120 valence electrons. The molecular weight excluding hydrogens is 286 g/mol. The normalized spacial score (nSPS) is 15.7. The maximum atomic E-state index is 11.8. The highest BCUT2D eigenvalue weighted by Crippen LogP contribution is 2.40. The van der Waals surface area contributed by atoms with Gasteiger partial charge in [0.1, 0.15) is 0 Å². The first-order valence-electron chi connectivity index (χ1n) is 7.29. The molecule has 0 atom stereocenters. The number of hydrogen-bond donors (Lipinski definition) is 2. The first-order valence-corrected chi connectivity index (χ1v) is 7.29. The molecule has 0 radical (unpaired) electrons. The average Bonchev–Trinajstić information content (AvgIpc) is 2.48. The number of carbonyl (C=O) groups excluding carboxylic acids is 1. The van der Waals surface area contributed by atoms with E-state index in [0.29, 0.717) is 18.7 Å². The summed E-state index contributed by atoms with van der Waals surface area (Å²) < 4.78 is 5.21. The van der Waals surface area contributed by atoms with Crippen LogP contribution in [0.1, 0.15) is 24.8 Å². The van der Waals surface area contributed by atoms with Crippen LogP contribution < -0.4 is 10.6 Å². The Hall–Kier alpha value is -2.15. The molecule has 7 nitrogen and oxygen atoms in total. The quantitative estimate of drug-likeness (QED) is 0.596. The average molecular weight is 307 g/mol. The van der Waals surface area contributed by atoms with Crippen molar-refractivity contribution in [3.63, 3.8) is 0 Å². The Morgan fingerprint density at radius 3 is 2.77 bits per heavy atom. The Morgan fingerprint density at radius 1 is 1.41 bits per heavy atom. The van der Waals surface area contributed by atoms with Gasteiger partial charge >= 0.3 is 6.03 Å². The van der Waals surface area contributed by atoms with Crippen LogP contribution in [-0.4, -0.2) is 31.2 Å². The number of rotatable bonds is 7. The van der Waals surface area contributed by atoms with Crippen LogP contribution >= 0.6 is 0 Å². The molecule has 1 aliphatic carbocycles. The fraction of sp³-hybridized carbons (Fsp3) is 0.533. The van der Waals surface area contributed by atoms with Crippen molar-refractivity contribution < 1.29 is 14.5 Å². The number of ether oxygens (including phenoxy) is 1. The summed E-state index contributed by atoms with van der Waals surface area (Å²) in [5, 5.41) is 16.3. The van der Waals surface area contributed by atoms with E-state index in [0.717, 1.165) is 12.8 Å². The summed E-state index contributed by atoms with van der Waals surface area (Å²) in [5.41, 5.74) is 0.783. The summed E-state index contributed by atoms with van der Waals surface area (Å²) >= 11 is 0. The van der Waals surface area contributed by atoms with E-state index in [-0.39, 0.29) is 23.7 Å². The van der Waals surface area contributed by atoms with Crippen molar-refractivity contribution in [2.75, 3.05) is 20.3 Å². The molecule has 1 aliphatic rings. The molecule has 0 unspecified atom stereocenters. The maximum Gasteiger partial charge on any atom is 0.315 e. The molecule has 2 N–H and O–H groups in total. The zero-order chi connectivity index (χ0) is 16.0.